The Morgan fingerprint density at radius 1 is 1.19 bits per heavy atom. The van der Waals surface area contributed by atoms with Crippen LogP contribution in [0.15, 0.2) is 23.6 Å². The van der Waals surface area contributed by atoms with E-state index < -0.39 is 0 Å². The normalized spacial score (nSPS) is 18.8. The lowest BCUT2D eigenvalue weighted by Gasteiger charge is -2.35. The third-order valence-electron chi connectivity index (χ3n) is 5.61. The Balaban J connectivity index is 1.44. The van der Waals surface area contributed by atoms with Crippen molar-refractivity contribution in [2.45, 2.75) is 39.3 Å². The van der Waals surface area contributed by atoms with Crippen LogP contribution in [0.4, 0.5) is 5.82 Å². The lowest BCUT2D eigenvalue weighted by atomic mass is 9.96. The topological polar surface area (TPSA) is 67.2 Å². The van der Waals surface area contributed by atoms with Crippen LogP contribution in [0.1, 0.15) is 29.7 Å². The van der Waals surface area contributed by atoms with Gasteiger partial charge in [-0.3, -0.25) is 9.36 Å². The molecule has 2 aromatic rings. The predicted molar refractivity (Wildman–Crippen MR) is 100 cm³/mol. The number of fused-ring (bicyclic) bond motifs is 1. The van der Waals surface area contributed by atoms with Crippen LogP contribution < -0.4 is 10.5 Å². The molecule has 0 saturated carbocycles. The van der Waals surface area contributed by atoms with E-state index in [1.54, 1.807) is 23.4 Å². The highest BCUT2D eigenvalue weighted by molar-refractivity contribution is 5.49. The average Bonchev–Trinajstić information content (AvgIpc) is 2.66. The zero-order valence-electron chi connectivity index (χ0n) is 15.6. The number of piperidine rings is 1. The number of hydrogen-bond acceptors (Lipinski definition) is 6. The summed E-state index contributed by atoms with van der Waals surface area (Å²) in [6.45, 7) is 6.52. The molecule has 1 saturated heterocycles. The van der Waals surface area contributed by atoms with Gasteiger partial charge >= 0.3 is 0 Å². The van der Waals surface area contributed by atoms with Crippen LogP contribution in [0.3, 0.4) is 0 Å². The first-order valence-corrected chi connectivity index (χ1v) is 9.39. The van der Waals surface area contributed by atoms with Crippen LogP contribution in [0.2, 0.25) is 0 Å². The maximum Gasteiger partial charge on any atom is 0.256 e. The third-order valence-corrected chi connectivity index (χ3v) is 5.61. The zero-order chi connectivity index (χ0) is 18.1. The largest absolute Gasteiger partial charge is 0.356 e. The maximum atomic E-state index is 12.2. The smallest absolute Gasteiger partial charge is 0.256 e. The molecular weight excluding hydrogens is 328 g/mol. The lowest BCUT2D eigenvalue weighted by Crippen LogP contribution is -2.39. The number of nitrogens with zero attached hydrogens (tertiary/aromatic N) is 6. The molecule has 0 spiro atoms. The second-order valence-electron chi connectivity index (χ2n) is 7.57. The van der Waals surface area contributed by atoms with Crippen molar-refractivity contribution in [2.75, 3.05) is 31.6 Å². The first-order valence-electron chi connectivity index (χ1n) is 9.39. The molecule has 0 amide bonds. The number of anilines is 1. The van der Waals surface area contributed by atoms with Crippen LogP contribution >= 0.6 is 0 Å². The Morgan fingerprint density at radius 3 is 2.81 bits per heavy atom. The summed E-state index contributed by atoms with van der Waals surface area (Å²) in [7, 11) is 2.15. The van der Waals surface area contributed by atoms with Crippen molar-refractivity contribution in [3.63, 3.8) is 0 Å². The summed E-state index contributed by atoms with van der Waals surface area (Å²) < 4.78 is 1.76. The molecule has 0 bridgehead atoms. The second kappa shape index (κ2) is 7.15. The zero-order valence-corrected chi connectivity index (χ0v) is 15.6. The van der Waals surface area contributed by atoms with Crippen molar-refractivity contribution in [3.8, 4) is 0 Å². The molecule has 0 aliphatic carbocycles. The number of rotatable bonds is 3. The highest BCUT2D eigenvalue weighted by Gasteiger charge is 2.26. The molecular formula is C19H26N6O. The molecule has 2 aliphatic heterocycles. The summed E-state index contributed by atoms with van der Waals surface area (Å²) in [4.78, 5) is 30.2. The van der Waals surface area contributed by atoms with Gasteiger partial charge in [-0.25, -0.2) is 15.0 Å². The van der Waals surface area contributed by atoms with Crippen molar-refractivity contribution < 1.29 is 0 Å². The van der Waals surface area contributed by atoms with Gasteiger partial charge in [0.15, 0.2) is 0 Å². The van der Waals surface area contributed by atoms with Crippen molar-refractivity contribution in [2.24, 2.45) is 5.92 Å². The van der Waals surface area contributed by atoms with E-state index in [1.165, 1.54) is 11.3 Å². The van der Waals surface area contributed by atoms with Crippen LogP contribution in [0.25, 0.3) is 0 Å². The van der Waals surface area contributed by atoms with Crippen molar-refractivity contribution in [1.82, 2.24) is 24.4 Å². The van der Waals surface area contributed by atoms with E-state index in [-0.39, 0.29) is 5.56 Å². The molecule has 2 aliphatic rings. The molecule has 0 unspecified atom stereocenters. The highest BCUT2D eigenvalue weighted by atomic mass is 16.1. The Kier molecular flexibility index (Phi) is 4.72. The molecule has 0 aromatic carbocycles. The standard InChI is InChI=1S/C19H26N6O/c1-14-9-20-13-25(19(14)26)10-15-3-7-24(8-4-15)18-16-11-23(2)6-5-17(16)21-12-22-18/h9,12-13,15H,3-8,10-11H2,1-2H3. The van der Waals surface area contributed by atoms with Gasteiger partial charge < -0.3 is 9.80 Å². The fraction of sp³-hybridized carbons (Fsp3) is 0.579. The Bertz CT molecular complexity index is 840. The highest BCUT2D eigenvalue weighted by Crippen LogP contribution is 2.29. The van der Waals surface area contributed by atoms with E-state index in [9.17, 15) is 4.79 Å². The minimum absolute atomic E-state index is 0.0790. The van der Waals surface area contributed by atoms with E-state index >= 15 is 0 Å². The Morgan fingerprint density at radius 2 is 2.00 bits per heavy atom. The molecule has 4 heterocycles. The molecule has 0 N–H and O–H groups in total. The Labute approximate surface area is 153 Å². The Hall–Kier alpha value is -2.28. The van der Waals surface area contributed by atoms with Crippen molar-refractivity contribution in [3.05, 3.63) is 46.0 Å². The molecule has 1 fully saturated rings. The molecule has 7 heteroatoms. The third kappa shape index (κ3) is 3.35. The van der Waals surface area contributed by atoms with Gasteiger partial charge in [0.25, 0.3) is 5.56 Å². The van der Waals surface area contributed by atoms with Crippen LogP contribution in [-0.4, -0.2) is 51.1 Å². The minimum atomic E-state index is 0.0790. The van der Waals surface area contributed by atoms with Gasteiger partial charge in [0.1, 0.15) is 12.1 Å². The van der Waals surface area contributed by atoms with Crippen molar-refractivity contribution in [1.29, 1.82) is 0 Å². The average molecular weight is 354 g/mol. The van der Waals surface area contributed by atoms with Gasteiger partial charge in [0, 0.05) is 56.5 Å². The summed E-state index contributed by atoms with van der Waals surface area (Å²) in [5.74, 6) is 1.61. The van der Waals surface area contributed by atoms with E-state index in [0.717, 1.165) is 57.8 Å². The van der Waals surface area contributed by atoms with Crippen LogP contribution in [-0.2, 0) is 19.5 Å². The summed E-state index contributed by atoms with van der Waals surface area (Å²) in [6, 6.07) is 0. The fourth-order valence-corrected chi connectivity index (χ4v) is 4.03. The van der Waals surface area contributed by atoms with E-state index in [0.29, 0.717) is 11.5 Å². The van der Waals surface area contributed by atoms with Gasteiger partial charge in [-0.2, -0.15) is 0 Å². The summed E-state index contributed by atoms with van der Waals surface area (Å²) >= 11 is 0. The minimum Gasteiger partial charge on any atom is -0.356 e. The van der Waals surface area contributed by atoms with Crippen LogP contribution in [0, 0.1) is 12.8 Å². The van der Waals surface area contributed by atoms with Crippen LogP contribution in [0.5, 0.6) is 0 Å². The molecule has 138 valence electrons. The number of aromatic nitrogens is 4. The molecule has 7 nitrogen and oxygen atoms in total. The molecule has 0 atom stereocenters. The van der Waals surface area contributed by atoms with Gasteiger partial charge in [0.2, 0.25) is 0 Å². The van der Waals surface area contributed by atoms with Gasteiger partial charge in [0.05, 0.1) is 12.0 Å². The maximum absolute atomic E-state index is 12.2. The lowest BCUT2D eigenvalue weighted by molar-refractivity contribution is 0.307. The molecule has 26 heavy (non-hydrogen) atoms. The first-order chi connectivity index (χ1) is 12.6. The number of aryl methyl sites for hydroxylation is 1. The quantitative estimate of drug-likeness (QED) is 0.826. The summed E-state index contributed by atoms with van der Waals surface area (Å²) in [5.41, 5.74) is 3.28. The van der Waals surface area contributed by atoms with Gasteiger partial charge in [-0.15, -0.1) is 0 Å². The predicted octanol–water partition coefficient (Wildman–Crippen LogP) is 1.25. The fourth-order valence-electron chi connectivity index (χ4n) is 4.03. The van der Waals surface area contributed by atoms with E-state index in [4.69, 9.17) is 0 Å². The van der Waals surface area contributed by atoms with Crippen molar-refractivity contribution >= 4 is 5.82 Å². The summed E-state index contributed by atoms with van der Waals surface area (Å²) in [6.07, 6.45) is 8.14. The molecule has 4 rings (SSSR count). The van der Waals surface area contributed by atoms with Gasteiger partial charge in [-0.1, -0.05) is 0 Å². The first kappa shape index (κ1) is 17.1. The van der Waals surface area contributed by atoms with E-state index in [2.05, 4.69) is 31.8 Å². The molecule has 2 aromatic heterocycles. The second-order valence-corrected chi connectivity index (χ2v) is 7.57. The monoisotopic (exact) mass is 354 g/mol. The van der Waals surface area contributed by atoms with E-state index in [1.807, 2.05) is 6.92 Å². The SMILES string of the molecule is Cc1cncn(CC2CCN(c3ncnc4c3CN(C)CC4)CC2)c1=O. The molecule has 0 radical (unpaired) electrons. The van der Waals surface area contributed by atoms with Gasteiger partial charge in [-0.05, 0) is 32.7 Å². The number of likely N-dealkylation sites (N-methyl/N-ethyl adjacent to an activating group) is 1. The summed E-state index contributed by atoms with van der Waals surface area (Å²) in [5, 5.41) is 0. The number of hydrogen-bond donors (Lipinski definition) is 0.